The standard InChI is InChI=1S/C12H15N5O/c1-2-13-10-5-3-4-9(17-10)12(18)16-8-11-14-6-7-15-11/h3-7H,2,8H2,1H3,(H,13,17)(H,14,15)(H,16,18). The molecule has 0 radical (unpaired) electrons. The number of imidazole rings is 1. The third-order valence-electron chi connectivity index (χ3n) is 2.31. The lowest BCUT2D eigenvalue weighted by atomic mass is 10.3. The Kier molecular flexibility index (Phi) is 3.90. The van der Waals surface area contributed by atoms with Crippen LogP contribution in [0.5, 0.6) is 0 Å². The summed E-state index contributed by atoms with van der Waals surface area (Å²) in [4.78, 5) is 23.0. The van der Waals surface area contributed by atoms with Crippen LogP contribution in [-0.4, -0.2) is 27.4 Å². The number of hydrogen-bond acceptors (Lipinski definition) is 4. The molecular weight excluding hydrogens is 230 g/mol. The van der Waals surface area contributed by atoms with E-state index in [9.17, 15) is 4.79 Å². The van der Waals surface area contributed by atoms with Gasteiger partial charge in [-0.05, 0) is 19.1 Å². The van der Waals surface area contributed by atoms with Gasteiger partial charge in [0.2, 0.25) is 0 Å². The summed E-state index contributed by atoms with van der Waals surface area (Å²) in [6, 6.07) is 5.30. The predicted molar refractivity (Wildman–Crippen MR) is 68.2 cm³/mol. The molecule has 0 atom stereocenters. The van der Waals surface area contributed by atoms with Crippen molar-refractivity contribution in [3.8, 4) is 0 Å². The van der Waals surface area contributed by atoms with E-state index >= 15 is 0 Å². The van der Waals surface area contributed by atoms with Crippen LogP contribution < -0.4 is 10.6 Å². The summed E-state index contributed by atoms with van der Waals surface area (Å²) >= 11 is 0. The van der Waals surface area contributed by atoms with Crippen molar-refractivity contribution in [2.75, 3.05) is 11.9 Å². The number of aromatic nitrogens is 3. The molecule has 2 aromatic rings. The molecule has 0 spiro atoms. The van der Waals surface area contributed by atoms with Crippen LogP contribution in [0, 0.1) is 0 Å². The summed E-state index contributed by atoms with van der Waals surface area (Å²) in [7, 11) is 0. The third-order valence-corrected chi connectivity index (χ3v) is 2.31. The minimum atomic E-state index is -0.217. The largest absolute Gasteiger partial charge is 0.370 e. The van der Waals surface area contributed by atoms with Crippen LogP contribution in [-0.2, 0) is 6.54 Å². The highest BCUT2D eigenvalue weighted by Crippen LogP contribution is 2.04. The normalized spacial score (nSPS) is 10.1. The van der Waals surface area contributed by atoms with Crippen molar-refractivity contribution < 1.29 is 4.79 Å². The Labute approximate surface area is 105 Å². The summed E-state index contributed by atoms with van der Waals surface area (Å²) in [5, 5.41) is 5.81. The molecule has 0 bridgehead atoms. The van der Waals surface area contributed by atoms with E-state index < -0.39 is 0 Å². The molecular formula is C12H15N5O. The highest BCUT2D eigenvalue weighted by Gasteiger charge is 2.07. The molecule has 0 saturated carbocycles. The molecule has 0 aliphatic rings. The summed E-state index contributed by atoms with van der Waals surface area (Å²) in [5.74, 6) is 1.19. The number of rotatable bonds is 5. The highest BCUT2D eigenvalue weighted by atomic mass is 16.1. The van der Waals surface area contributed by atoms with Crippen LogP contribution in [0.3, 0.4) is 0 Å². The number of amides is 1. The van der Waals surface area contributed by atoms with Crippen molar-refractivity contribution in [2.45, 2.75) is 13.5 Å². The molecule has 1 amide bonds. The fourth-order valence-electron chi connectivity index (χ4n) is 1.49. The molecule has 0 aromatic carbocycles. The van der Waals surface area contributed by atoms with Gasteiger partial charge in [-0.25, -0.2) is 9.97 Å². The maximum Gasteiger partial charge on any atom is 0.270 e. The molecule has 0 unspecified atom stereocenters. The number of pyridine rings is 1. The van der Waals surface area contributed by atoms with Gasteiger partial charge in [-0.2, -0.15) is 0 Å². The summed E-state index contributed by atoms with van der Waals surface area (Å²) in [6.07, 6.45) is 3.36. The summed E-state index contributed by atoms with van der Waals surface area (Å²) in [6.45, 7) is 3.11. The molecule has 6 heteroatoms. The molecule has 2 aromatic heterocycles. The molecule has 6 nitrogen and oxygen atoms in total. The van der Waals surface area contributed by atoms with E-state index in [2.05, 4.69) is 25.6 Å². The van der Waals surface area contributed by atoms with Crippen molar-refractivity contribution in [1.29, 1.82) is 0 Å². The van der Waals surface area contributed by atoms with E-state index in [4.69, 9.17) is 0 Å². The van der Waals surface area contributed by atoms with Gasteiger partial charge < -0.3 is 15.6 Å². The van der Waals surface area contributed by atoms with E-state index in [1.807, 2.05) is 13.0 Å². The van der Waals surface area contributed by atoms with E-state index in [1.54, 1.807) is 24.5 Å². The smallest absolute Gasteiger partial charge is 0.270 e. The Morgan fingerprint density at radius 1 is 1.44 bits per heavy atom. The third kappa shape index (κ3) is 3.07. The van der Waals surface area contributed by atoms with Crippen LogP contribution in [0.1, 0.15) is 23.2 Å². The molecule has 2 heterocycles. The lowest BCUT2D eigenvalue weighted by Crippen LogP contribution is -2.24. The molecule has 2 rings (SSSR count). The number of anilines is 1. The molecule has 0 fully saturated rings. The highest BCUT2D eigenvalue weighted by molar-refractivity contribution is 5.92. The first-order chi connectivity index (χ1) is 8.79. The molecule has 94 valence electrons. The van der Waals surface area contributed by atoms with Gasteiger partial charge in [0.25, 0.3) is 5.91 Å². The van der Waals surface area contributed by atoms with Crippen LogP contribution >= 0.6 is 0 Å². The first kappa shape index (κ1) is 12.1. The Morgan fingerprint density at radius 2 is 2.33 bits per heavy atom. The Balaban J connectivity index is 1.97. The van der Waals surface area contributed by atoms with Gasteiger partial charge >= 0.3 is 0 Å². The van der Waals surface area contributed by atoms with Crippen molar-refractivity contribution in [2.24, 2.45) is 0 Å². The zero-order valence-electron chi connectivity index (χ0n) is 10.1. The second-order valence-electron chi connectivity index (χ2n) is 3.66. The van der Waals surface area contributed by atoms with Gasteiger partial charge in [-0.1, -0.05) is 6.07 Å². The first-order valence-electron chi connectivity index (χ1n) is 5.77. The van der Waals surface area contributed by atoms with Crippen LogP contribution in [0.4, 0.5) is 5.82 Å². The minimum absolute atomic E-state index is 0.217. The SMILES string of the molecule is CCNc1cccc(C(=O)NCc2ncc[nH]2)n1. The van der Waals surface area contributed by atoms with Gasteiger partial charge in [0.1, 0.15) is 17.3 Å². The average molecular weight is 245 g/mol. The molecule has 0 aliphatic carbocycles. The van der Waals surface area contributed by atoms with Crippen molar-refractivity contribution in [1.82, 2.24) is 20.3 Å². The van der Waals surface area contributed by atoms with Gasteiger partial charge in [-0.15, -0.1) is 0 Å². The summed E-state index contributed by atoms with van der Waals surface area (Å²) in [5.41, 5.74) is 0.389. The average Bonchev–Trinajstić information content (AvgIpc) is 2.90. The van der Waals surface area contributed by atoms with Gasteiger partial charge in [0, 0.05) is 18.9 Å². The second-order valence-corrected chi connectivity index (χ2v) is 3.66. The van der Waals surface area contributed by atoms with E-state index in [-0.39, 0.29) is 5.91 Å². The number of carbonyl (C=O) groups excluding carboxylic acids is 1. The number of aromatic amines is 1. The van der Waals surface area contributed by atoms with E-state index in [0.717, 1.165) is 6.54 Å². The monoisotopic (exact) mass is 245 g/mol. The zero-order chi connectivity index (χ0) is 12.8. The van der Waals surface area contributed by atoms with Crippen molar-refractivity contribution in [3.05, 3.63) is 42.1 Å². The minimum Gasteiger partial charge on any atom is -0.370 e. The Bertz CT molecular complexity index is 509. The summed E-state index contributed by atoms with van der Waals surface area (Å²) < 4.78 is 0. The topological polar surface area (TPSA) is 82.7 Å². The van der Waals surface area contributed by atoms with Crippen LogP contribution in [0.25, 0.3) is 0 Å². The first-order valence-corrected chi connectivity index (χ1v) is 5.77. The maximum atomic E-state index is 11.9. The number of hydrogen-bond donors (Lipinski definition) is 3. The number of nitrogens with one attached hydrogen (secondary N) is 3. The van der Waals surface area contributed by atoms with Crippen LogP contribution in [0.15, 0.2) is 30.6 Å². The predicted octanol–water partition coefficient (Wildman–Crippen LogP) is 1.17. The molecule has 3 N–H and O–H groups in total. The maximum absolute atomic E-state index is 11.9. The number of H-pyrrole nitrogens is 1. The van der Waals surface area contributed by atoms with Gasteiger partial charge in [-0.3, -0.25) is 4.79 Å². The number of nitrogens with zero attached hydrogens (tertiary/aromatic N) is 2. The molecule has 0 saturated heterocycles. The lowest BCUT2D eigenvalue weighted by Gasteiger charge is -2.05. The zero-order valence-corrected chi connectivity index (χ0v) is 10.1. The Hall–Kier alpha value is -2.37. The molecule has 18 heavy (non-hydrogen) atoms. The molecule has 0 aliphatic heterocycles. The van der Waals surface area contributed by atoms with Crippen molar-refractivity contribution >= 4 is 11.7 Å². The van der Waals surface area contributed by atoms with Gasteiger partial charge in [0.05, 0.1) is 6.54 Å². The van der Waals surface area contributed by atoms with Crippen molar-refractivity contribution in [3.63, 3.8) is 0 Å². The van der Waals surface area contributed by atoms with E-state index in [1.165, 1.54) is 0 Å². The Morgan fingerprint density at radius 3 is 3.06 bits per heavy atom. The fourth-order valence-corrected chi connectivity index (χ4v) is 1.49. The fraction of sp³-hybridized carbons (Fsp3) is 0.250. The van der Waals surface area contributed by atoms with Gasteiger partial charge in [0.15, 0.2) is 0 Å². The number of carbonyl (C=O) groups is 1. The van der Waals surface area contributed by atoms with E-state index in [0.29, 0.717) is 23.9 Å². The van der Waals surface area contributed by atoms with Crippen LogP contribution in [0.2, 0.25) is 0 Å². The lowest BCUT2D eigenvalue weighted by molar-refractivity contribution is 0.0945. The second kappa shape index (κ2) is 5.81. The quantitative estimate of drug-likeness (QED) is 0.738.